The summed E-state index contributed by atoms with van der Waals surface area (Å²) in [7, 11) is 1.57. The first-order valence-corrected chi connectivity index (χ1v) is 2.60. The van der Waals surface area contributed by atoms with Gasteiger partial charge in [-0.3, -0.25) is 9.69 Å². The fourth-order valence-electron chi connectivity index (χ4n) is 0.454. The molecule has 0 aliphatic carbocycles. The van der Waals surface area contributed by atoms with E-state index in [1.807, 2.05) is 0 Å². The Hall–Kier alpha value is -0.640. The number of likely N-dealkylation sites (N-methyl/N-ethyl adjacent to an activating group) is 1. The summed E-state index contributed by atoms with van der Waals surface area (Å²) in [5.74, 6) is -0.116. The van der Waals surface area contributed by atoms with Gasteiger partial charge in [0.1, 0.15) is 0 Å². The molecule has 1 rings (SSSR count). The smallest absolute Gasteiger partial charge is 0.247 e. The average molecular weight is 131 g/mol. The minimum atomic E-state index is -0.116. The number of amides is 1. The fourth-order valence-corrected chi connectivity index (χ4v) is 0.620. The standard InChI is InChI=1S/C4H6N2OS/c1-6-3(7)2-5-4(6)8/h2H2,1H3,(H,5,8)/i/hD. The van der Waals surface area contributed by atoms with Crippen LogP contribution in [0.25, 0.3) is 0 Å². The topological polar surface area (TPSA) is 32.3 Å². The van der Waals surface area contributed by atoms with E-state index in [0.717, 1.165) is 5.31 Å². The summed E-state index contributed by atoms with van der Waals surface area (Å²) < 4.78 is 7.03. The molecule has 0 atom stereocenters. The van der Waals surface area contributed by atoms with E-state index in [1.54, 1.807) is 7.05 Å². The lowest BCUT2D eigenvalue weighted by Gasteiger charge is -2.03. The second-order valence-corrected chi connectivity index (χ2v) is 1.92. The molecular formula is C4H6N2OS. The van der Waals surface area contributed by atoms with Crippen LogP contribution in [0, 0.1) is 0 Å². The van der Waals surface area contributed by atoms with Crippen molar-refractivity contribution >= 4 is 23.2 Å². The van der Waals surface area contributed by atoms with E-state index in [0.29, 0.717) is 0 Å². The predicted octanol–water partition coefficient (Wildman–Crippen LogP) is -0.667. The molecule has 1 amide bonds. The molecule has 1 N–H and O–H groups in total. The monoisotopic (exact) mass is 131 g/mol. The highest BCUT2D eigenvalue weighted by Crippen LogP contribution is 1.92. The zero-order valence-corrected chi connectivity index (χ0v) is 5.23. The normalized spacial score (nSPS) is 22.4. The SMILES string of the molecule is [2H]N1CC(=O)N(C)C1=S. The van der Waals surface area contributed by atoms with Crippen LogP contribution in [0.2, 0.25) is 1.41 Å². The van der Waals surface area contributed by atoms with Gasteiger partial charge in [-0.2, -0.15) is 0 Å². The molecule has 1 heterocycles. The van der Waals surface area contributed by atoms with Gasteiger partial charge in [-0.25, -0.2) is 0 Å². The molecule has 1 saturated heterocycles. The predicted molar refractivity (Wildman–Crippen MR) is 33.4 cm³/mol. The molecule has 0 unspecified atom stereocenters. The number of carbonyl (C=O) groups excluding carboxylic acids is 1. The molecule has 1 aliphatic heterocycles. The molecule has 0 bridgehead atoms. The summed E-state index contributed by atoms with van der Waals surface area (Å²) in [5, 5.41) is 1.28. The lowest BCUT2D eigenvalue weighted by molar-refractivity contribution is -0.123. The van der Waals surface area contributed by atoms with Crippen LogP contribution in [-0.4, -0.2) is 29.5 Å². The van der Waals surface area contributed by atoms with Crippen molar-refractivity contribution in [3.8, 4) is 0 Å². The van der Waals surface area contributed by atoms with Crippen LogP contribution in [0.1, 0.15) is 0 Å². The summed E-state index contributed by atoms with van der Waals surface area (Å²) in [6.45, 7) is 0.0926. The van der Waals surface area contributed by atoms with Crippen LogP contribution >= 0.6 is 12.2 Å². The van der Waals surface area contributed by atoms with Crippen LogP contribution in [0.15, 0.2) is 0 Å². The zero-order valence-electron chi connectivity index (χ0n) is 5.42. The first-order valence-electron chi connectivity index (χ1n) is 2.64. The minimum Gasteiger partial charge on any atom is -0.353 e. The van der Waals surface area contributed by atoms with E-state index in [4.69, 9.17) is 1.41 Å². The number of hydrogen-bond acceptors (Lipinski definition) is 2. The van der Waals surface area contributed by atoms with Crippen LogP contribution in [-0.2, 0) is 4.79 Å². The van der Waals surface area contributed by atoms with E-state index in [-0.39, 0.29) is 17.6 Å². The van der Waals surface area contributed by atoms with Gasteiger partial charge in [-0.1, -0.05) is 0 Å². The highest BCUT2D eigenvalue weighted by molar-refractivity contribution is 7.80. The lowest BCUT2D eigenvalue weighted by atomic mass is 10.6. The quantitative estimate of drug-likeness (QED) is 0.443. The van der Waals surface area contributed by atoms with Crippen molar-refractivity contribution in [3.63, 3.8) is 0 Å². The van der Waals surface area contributed by atoms with Gasteiger partial charge in [0.15, 0.2) is 6.52 Å². The van der Waals surface area contributed by atoms with E-state index in [2.05, 4.69) is 12.2 Å². The molecule has 0 aromatic heterocycles. The van der Waals surface area contributed by atoms with Crippen LogP contribution in [0.3, 0.4) is 0 Å². The maximum Gasteiger partial charge on any atom is 0.247 e. The van der Waals surface area contributed by atoms with E-state index in [1.165, 1.54) is 4.90 Å². The largest absolute Gasteiger partial charge is 0.353 e. The minimum absolute atomic E-state index is 0.0926. The molecule has 8 heavy (non-hydrogen) atoms. The number of thiocarbonyl (C=S) groups is 1. The molecule has 1 aliphatic rings. The first kappa shape index (κ1) is 4.26. The molecule has 44 valence electrons. The second kappa shape index (κ2) is 1.70. The van der Waals surface area contributed by atoms with Crippen molar-refractivity contribution < 1.29 is 6.21 Å². The molecule has 1 fully saturated rings. The number of rotatable bonds is 0. The summed E-state index contributed by atoms with van der Waals surface area (Å²) in [6, 6.07) is 0. The molecule has 0 spiro atoms. The van der Waals surface area contributed by atoms with Gasteiger partial charge in [0.2, 0.25) is 5.91 Å². The number of hydrogen-bond donors (Lipinski definition) is 1. The summed E-state index contributed by atoms with van der Waals surface area (Å²) in [5.41, 5.74) is 0. The van der Waals surface area contributed by atoms with E-state index < -0.39 is 0 Å². The summed E-state index contributed by atoms with van der Waals surface area (Å²) >= 11 is 4.68. The van der Waals surface area contributed by atoms with Crippen molar-refractivity contribution in [2.45, 2.75) is 0 Å². The van der Waals surface area contributed by atoms with Gasteiger partial charge in [-0.05, 0) is 12.2 Å². The van der Waals surface area contributed by atoms with Crippen LogP contribution in [0.5, 0.6) is 0 Å². The van der Waals surface area contributed by atoms with Crippen molar-refractivity contribution in [2.24, 2.45) is 0 Å². The highest BCUT2D eigenvalue weighted by atomic mass is 32.1. The third-order valence-electron chi connectivity index (χ3n) is 1.01. The van der Waals surface area contributed by atoms with Gasteiger partial charge in [0.25, 0.3) is 0 Å². The molecule has 0 radical (unpaired) electrons. The Morgan fingerprint density at radius 1 is 2.12 bits per heavy atom. The molecule has 4 heteroatoms. The molecule has 0 saturated carbocycles. The molecule has 0 aromatic rings. The first-order chi connectivity index (χ1) is 4.13. The summed E-state index contributed by atoms with van der Waals surface area (Å²) in [6.07, 6.45) is 0. The van der Waals surface area contributed by atoms with Crippen LogP contribution < -0.4 is 5.31 Å². The Bertz CT molecular complexity index is 172. The second-order valence-electron chi connectivity index (χ2n) is 1.55. The maximum atomic E-state index is 10.7. The van der Waals surface area contributed by atoms with Crippen molar-refractivity contribution in [1.29, 1.82) is 0 Å². The van der Waals surface area contributed by atoms with Crippen molar-refractivity contribution in [1.82, 2.24) is 10.2 Å². The Kier molecular flexibility index (Phi) is 0.906. The molecule has 0 aromatic carbocycles. The number of nitrogens with zero attached hydrogens (tertiary/aromatic N) is 1. The van der Waals surface area contributed by atoms with Crippen molar-refractivity contribution in [2.75, 3.05) is 13.6 Å². The molecular weight excluding hydrogens is 124 g/mol. The fraction of sp³-hybridized carbons (Fsp3) is 0.500. The Balaban J connectivity index is 2.77. The number of nitrogens with one attached hydrogen (secondary N) is 1. The van der Waals surface area contributed by atoms with Crippen LogP contribution in [0.4, 0.5) is 0 Å². The average Bonchev–Trinajstić information content (AvgIpc) is 1.98. The zero-order chi connectivity index (χ0) is 7.02. The highest BCUT2D eigenvalue weighted by Gasteiger charge is 2.19. The van der Waals surface area contributed by atoms with Gasteiger partial charge >= 0.3 is 0 Å². The Morgan fingerprint density at radius 2 is 2.75 bits per heavy atom. The van der Waals surface area contributed by atoms with Gasteiger partial charge in [0, 0.05) is 7.05 Å². The Labute approximate surface area is 54.1 Å². The van der Waals surface area contributed by atoms with Gasteiger partial charge in [0.05, 0.1) is 6.54 Å². The molecule has 3 nitrogen and oxygen atoms in total. The van der Waals surface area contributed by atoms with Crippen molar-refractivity contribution in [3.05, 3.63) is 0 Å². The van der Waals surface area contributed by atoms with Gasteiger partial charge < -0.3 is 5.31 Å². The van der Waals surface area contributed by atoms with E-state index >= 15 is 0 Å². The number of carbonyl (C=O) groups is 1. The maximum absolute atomic E-state index is 10.7. The Morgan fingerprint density at radius 3 is 2.88 bits per heavy atom. The van der Waals surface area contributed by atoms with E-state index in [9.17, 15) is 4.79 Å². The third kappa shape index (κ3) is 0.667. The third-order valence-corrected chi connectivity index (χ3v) is 1.41. The lowest BCUT2D eigenvalue weighted by Crippen LogP contribution is -2.25. The summed E-state index contributed by atoms with van der Waals surface area (Å²) in [4.78, 5) is 12.0. The van der Waals surface area contributed by atoms with Gasteiger partial charge in [-0.15, -0.1) is 0 Å².